The Morgan fingerprint density at radius 2 is 1.65 bits per heavy atom. The number of carbonyl (C=O) groups is 1. The molecule has 0 fully saturated rings. The number of benzene rings is 2. The summed E-state index contributed by atoms with van der Waals surface area (Å²) in [4.78, 5) is 12.5. The molecule has 1 aliphatic heterocycles. The molecule has 1 heterocycles. The normalized spacial score (nSPS) is 12.8. The Balaban J connectivity index is 1.81. The molecule has 2 aromatic rings. The van der Waals surface area contributed by atoms with Crippen LogP contribution >= 0.6 is 0 Å². The summed E-state index contributed by atoms with van der Waals surface area (Å²) in [7, 11) is 4.78. The van der Waals surface area contributed by atoms with E-state index in [9.17, 15) is 4.79 Å². The third-order valence-electron chi connectivity index (χ3n) is 4.05. The van der Waals surface area contributed by atoms with Gasteiger partial charge in [-0.2, -0.15) is 0 Å². The average Bonchev–Trinajstić information content (AvgIpc) is 2.70. The van der Waals surface area contributed by atoms with Crippen LogP contribution < -0.4 is 18.9 Å². The zero-order valence-electron chi connectivity index (χ0n) is 14.9. The zero-order valence-corrected chi connectivity index (χ0v) is 14.9. The van der Waals surface area contributed by atoms with Crippen LogP contribution in [0.15, 0.2) is 48.0 Å². The van der Waals surface area contributed by atoms with E-state index in [-0.39, 0.29) is 12.4 Å². The maximum Gasteiger partial charge on any atom is 0.185 e. The van der Waals surface area contributed by atoms with Crippen molar-refractivity contribution in [3.63, 3.8) is 0 Å². The monoisotopic (exact) mass is 352 g/mol. The van der Waals surface area contributed by atoms with E-state index in [2.05, 4.69) is 0 Å². The second-order valence-corrected chi connectivity index (χ2v) is 5.71. The Morgan fingerprint density at radius 3 is 2.31 bits per heavy atom. The van der Waals surface area contributed by atoms with E-state index in [1.807, 2.05) is 36.4 Å². The summed E-state index contributed by atoms with van der Waals surface area (Å²) in [6.07, 6.45) is 5.09. The van der Waals surface area contributed by atoms with Crippen molar-refractivity contribution in [3.05, 3.63) is 59.2 Å². The first-order chi connectivity index (χ1) is 12.6. The second-order valence-electron chi connectivity index (χ2n) is 5.71. The second kappa shape index (κ2) is 7.78. The van der Waals surface area contributed by atoms with Gasteiger partial charge in [-0.05, 0) is 48.0 Å². The van der Waals surface area contributed by atoms with Crippen molar-refractivity contribution in [2.75, 3.05) is 27.9 Å². The van der Waals surface area contributed by atoms with Gasteiger partial charge in [-0.25, -0.2) is 0 Å². The molecular weight excluding hydrogens is 332 g/mol. The van der Waals surface area contributed by atoms with Gasteiger partial charge in [-0.15, -0.1) is 0 Å². The lowest BCUT2D eigenvalue weighted by Gasteiger charge is -2.17. The molecule has 2 aromatic carbocycles. The maximum absolute atomic E-state index is 12.5. The van der Waals surface area contributed by atoms with E-state index < -0.39 is 0 Å². The molecule has 0 spiro atoms. The van der Waals surface area contributed by atoms with Crippen LogP contribution in [0.3, 0.4) is 0 Å². The minimum Gasteiger partial charge on any atom is -0.497 e. The number of rotatable bonds is 6. The van der Waals surface area contributed by atoms with Gasteiger partial charge >= 0.3 is 0 Å². The molecule has 0 N–H and O–H groups in total. The van der Waals surface area contributed by atoms with Crippen LogP contribution in [0.25, 0.3) is 12.2 Å². The summed E-state index contributed by atoms with van der Waals surface area (Å²) in [5.74, 6) is 2.68. The molecule has 5 heteroatoms. The van der Waals surface area contributed by atoms with E-state index in [0.29, 0.717) is 17.1 Å². The smallest absolute Gasteiger partial charge is 0.185 e. The van der Waals surface area contributed by atoms with Crippen LogP contribution in [-0.2, 0) is 4.79 Å². The third kappa shape index (κ3) is 3.88. The molecule has 0 radical (unpaired) electrons. The van der Waals surface area contributed by atoms with Gasteiger partial charge in [-0.3, -0.25) is 4.79 Å². The van der Waals surface area contributed by atoms with Crippen LogP contribution in [0.1, 0.15) is 11.1 Å². The van der Waals surface area contributed by atoms with E-state index in [1.165, 1.54) is 6.08 Å². The Morgan fingerprint density at radius 1 is 0.962 bits per heavy atom. The quantitative estimate of drug-likeness (QED) is 0.741. The van der Waals surface area contributed by atoms with Crippen LogP contribution in [0.4, 0.5) is 0 Å². The van der Waals surface area contributed by atoms with Gasteiger partial charge in [-0.1, -0.05) is 6.08 Å². The predicted molar refractivity (Wildman–Crippen MR) is 100 cm³/mol. The summed E-state index contributed by atoms with van der Waals surface area (Å²) in [5, 5.41) is 0. The van der Waals surface area contributed by atoms with Crippen LogP contribution in [0.5, 0.6) is 23.0 Å². The molecular formula is C21H20O5. The molecule has 0 bridgehead atoms. The Labute approximate surface area is 152 Å². The van der Waals surface area contributed by atoms with E-state index in [1.54, 1.807) is 33.5 Å². The van der Waals surface area contributed by atoms with Crippen molar-refractivity contribution < 1.29 is 23.7 Å². The lowest BCUT2D eigenvalue weighted by Crippen LogP contribution is -2.13. The summed E-state index contributed by atoms with van der Waals surface area (Å²) >= 11 is 0. The number of allylic oxidation sites excluding steroid dienone is 1. The highest BCUT2D eigenvalue weighted by Gasteiger charge is 2.16. The molecule has 0 atom stereocenters. The predicted octanol–water partition coefficient (Wildman–Crippen LogP) is 3.77. The number of ether oxygens (including phenoxy) is 4. The van der Waals surface area contributed by atoms with Crippen molar-refractivity contribution in [1.82, 2.24) is 0 Å². The number of carbonyl (C=O) groups excluding carboxylic acids is 1. The molecule has 26 heavy (non-hydrogen) atoms. The van der Waals surface area contributed by atoms with Crippen molar-refractivity contribution in [2.24, 2.45) is 0 Å². The maximum atomic E-state index is 12.5. The van der Waals surface area contributed by atoms with E-state index in [4.69, 9.17) is 18.9 Å². The highest BCUT2D eigenvalue weighted by Crippen LogP contribution is 2.30. The summed E-state index contributed by atoms with van der Waals surface area (Å²) in [6, 6.07) is 11.0. The summed E-state index contributed by atoms with van der Waals surface area (Å²) < 4.78 is 21.4. The number of ketones is 1. The van der Waals surface area contributed by atoms with Crippen molar-refractivity contribution >= 4 is 17.9 Å². The molecule has 1 aliphatic rings. The first kappa shape index (κ1) is 17.6. The first-order valence-corrected chi connectivity index (χ1v) is 8.10. The fourth-order valence-electron chi connectivity index (χ4n) is 2.63. The van der Waals surface area contributed by atoms with Crippen molar-refractivity contribution in [1.29, 1.82) is 0 Å². The highest BCUT2D eigenvalue weighted by molar-refractivity contribution is 6.09. The number of fused-ring (bicyclic) bond motifs is 1. The zero-order chi connectivity index (χ0) is 18.5. The van der Waals surface area contributed by atoms with Gasteiger partial charge in [0.25, 0.3) is 0 Å². The minimum atomic E-state index is -0.111. The molecule has 0 saturated carbocycles. The molecule has 0 aromatic heterocycles. The lowest BCUT2D eigenvalue weighted by atomic mass is 10.0. The molecule has 134 valence electrons. The van der Waals surface area contributed by atoms with Crippen molar-refractivity contribution in [3.8, 4) is 23.0 Å². The van der Waals surface area contributed by atoms with Gasteiger partial charge < -0.3 is 18.9 Å². The minimum absolute atomic E-state index is 0.111. The SMILES string of the molecule is COc1cc(/C=C/C(=O)C2=Cc3cc(OC)ccc3OC2)cc(OC)c1. The van der Waals surface area contributed by atoms with Gasteiger partial charge in [0.15, 0.2) is 5.78 Å². The first-order valence-electron chi connectivity index (χ1n) is 8.10. The molecule has 0 amide bonds. The van der Waals surface area contributed by atoms with E-state index in [0.717, 1.165) is 22.6 Å². The van der Waals surface area contributed by atoms with Crippen LogP contribution in [-0.4, -0.2) is 33.7 Å². The Kier molecular flexibility index (Phi) is 5.27. The topological polar surface area (TPSA) is 54.0 Å². The van der Waals surface area contributed by atoms with Gasteiger partial charge in [0.05, 0.1) is 21.3 Å². The highest BCUT2D eigenvalue weighted by atomic mass is 16.5. The third-order valence-corrected chi connectivity index (χ3v) is 4.05. The van der Waals surface area contributed by atoms with Crippen LogP contribution in [0, 0.1) is 0 Å². The molecule has 3 rings (SSSR count). The average molecular weight is 352 g/mol. The molecule has 0 unspecified atom stereocenters. The van der Waals surface area contributed by atoms with Crippen molar-refractivity contribution in [2.45, 2.75) is 0 Å². The standard InChI is InChI=1S/C21H20O5/c1-23-17-5-7-21-15(11-17)10-16(13-26-21)20(22)6-4-14-8-18(24-2)12-19(9-14)25-3/h4-12H,13H2,1-3H3/b6-4+. The fraction of sp³-hybridized carbons (Fsp3) is 0.190. The Hall–Kier alpha value is -3.21. The molecule has 0 aliphatic carbocycles. The lowest BCUT2D eigenvalue weighted by molar-refractivity contribution is -0.111. The Bertz CT molecular complexity index is 858. The molecule has 0 saturated heterocycles. The molecule has 5 nitrogen and oxygen atoms in total. The summed E-state index contributed by atoms with van der Waals surface area (Å²) in [5.41, 5.74) is 2.22. The number of methoxy groups -OCH3 is 3. The van der Waals surface area contributed by atoms with Gasteiger partial charge in [0, 0.05) is 17.2 Å². The van der Waals surface area contributed by atoms with Gasteiger partial charge in [0.2, 0.25) is 0 Å². The van der Waals surface area contributed by atoms with Gasteiger partial charge in [0.1, 0.15) is 29.6 Å². The largest absolute Gasteiger partial charge is 0.497 e. The summed E-state index contributed by atoms with van der Waals surface area (Å²) in [6.45, 7) is 0.240. The number of hydrogen-bond acceptors (Lipinski definition) is 5. The van der Waals surface area contributed by atoms with Crippen LogP contribution in [0.2, 0.25) is 0 Å². The number of hydrogen-bond donors (Lipinski definition) is 0. The fourth-order valence-corrected chi connectivity index (χ4v) is 2.63. The van der Waals surface area contributed by atoms with E-state index >= 15 is 0 Å².